The fraction of sp³-hybridized carbons (Fsp3) is 0.167. The van der Waals surface area contributed by atoms with Gasteiger partial charge in [0.15, 0.2) is 5.82 Å². The Balaban J connectivity index is 2.26. The van der Waals surface area contributed by atoms with Gasteiger partial charge in [-0.2, -0.15) is 15.2 Å². The predicted octanol–water partition coefficient (Wildman–Crippen LogP) is 1.02. The van der Waals surface area contributed by atoms with Crippen molar-refractivity contribution < 1.29 is 5.11 Å². The zero-order chi connectivity index (χ0) is 13.8. The normalized spacial score (nSPS) is 11.4. The van der Waals surface area contributed by atoms with E-state index in [1.807, 2.05) is 0 Å². The molecule has 3 N–H and O–H groups in total. The molecule has 0 aliphatic heterocycles. The Kier molecular flexibility index (Phi) is 3.56. The maximum absolute atomic E-state index is 11.1. The molecule has 1 aromatic heterocycles. The Labute approximate surface area is 109 Å². The Morgan fingerprint density at radius 1 is 1.42 bits per heavy atom. The predicted molar refractivity (Wildman–Crippen MR) is 71.3 cm³/mol. The summed E-state index contributed by atoms with van der Waals surface area (Å²) in [6.07, 6.45) is 0. The SMILES string of the molecule is C/C(=N/Nc1nc(=O)[nH]nc1C)c1ccccc1O. The van der Waals surface area contributed by atoms with Crippen LogP contribution in [0.4, 0.5) is 5.82 Å². The quantitative estimate of drug-likeness (QED) is 0.564. The van der Waals surface area contributed by atoms with Gasteiger partial charge >= 0.3 is 5.69 Å². The van der Waals surface area contributed by atoms with Crippen LogP contribution in [0.5, 0.6) is 5.75 Å². The van der Waals surface area contributed by atoms with Crippen LogP contribution in [-0.4, -0.2) is 26.0 Å². The number of aryl methyl sites for hydroxylation is 1. The summed E-state index contributed by atoms with van der Waals surface area (Å²) in [7, 11) is 0. The van der Waals surface area contributed by atoms with Gasteiger partial charge in [0.2, 0.25) is 0 Å². The van der Waals surface area contributed by atoms with Crippen LogP contribution in [0.2, 0.25) is 0 Å². The van der Waals surface area contributed by atoms with Crippen LogP contribution < -0.4 is 11.1 Å². The molecule has 0 spiro atoms. The number of hydrogen-bond acceptors (Lipinski definition) is 6. The van der Waals surface area contributed by atoms with E-state index in [2.05, 4.69) is 25.7 Å². The highest BCUT2D eigenvalue weighted by Crippen LogP contribution is 2.16. The van der Waals surface area contributed by atoms with Crippen molar-refractivity contribution in [3.63, 3.8) is 0 Å². The number of aromatic hydroxyl groups is 1. The van der Waals surface area contributed by atoms with Gasteiger partial charge in [-0.1, -0.05) is 12.1 Å². The minimum atomic E-state index is -0.552. The van der Waals surface area contributed by atoms with Gasteiger partial charge in [-0.3, -0.25) is 5.43 Å². The Morgan fingerprint density at radius 3 is 2.89 bits per heavy atom. The van der Waals surface area contributed by atoms with Gasteiger partial charge < -0.3 is 5.11 Å². The number of benzene rings is 1. The second-order valence-electron chi connectivity index (χ2n) is 3.90. The molecular formula is C12H13N5O2. The Hall–Kier alpha value is -2.70. The minimum absolute atomic E-state index is 0.138. The molecule has 19 heavy (non-hydrogen) atoms. The van der Waals surface area contributed by atoms with Crippen LogP contribution in [0.15, 0.2) is 34.2 Å². The minimum Gasteiger partial charge on any atom is -0.507 e. The number of rotatable bonds is 3. The number of H-pyrrole nitrogens is 1. The third-order valence-electron chi connectivity index (χ3n) is 2.50. The number of phenolic OH excluding ortho intramolecular Hbond substituents is 1. The van der Waals surface area contributed by atoms with E-state index in [0.29, 0.717) is 17.0 Å². The highest BCUT2D eigenvalue weighted by molar-refractivity contribution is 6.01. The van der Waals surface area contributed by atoms with E-state index in [1.54, 1.807) is 38.1 Å². The molecule has 0 saturated carbocycles. The molecule has 0 amide bonds. The summed E-state index contributed by atoms with van der Waals surface area (Å²) in [4.78, 5) is 14.8. The Bertz CT molecular complexity index is 678. The molecule has 0 aliphatic carbocycles. The van der Waals surface area contributed by atoms with E-state index < -0.39 is 5.69 Å². The summed E-state index contributed by atoms with van der Waals surface area (Å²) in [6.45, 7) is 3.42. The summed E-state index contributed by atoms with van der Waals surface area (Å²) < 4.78 is 0. The van der Waals surface area contributed by atoms with Crippen LogP contribution in [0, 0.1) is 6.92 Å². The maximum atomic E-state index is 11.1. The van der Waals surface area contributed by atoms with Crippen molar-refractivity contribution in [3.8, 4) is 5.75 Å². The number of para-hydroxylation sites is 1. The fourth-order valence-electron chi connectivity index (χ4n) is 1.47. The van der Waals surface area contributed by atoms with Crippen molar-refractivity contribution in [2.45, 2.75) is 13.8 Å². The summed E-state index contributed by atoms with van der Waals surface area (Å²) >= 11 is 0. The highest BCUT2D eigenvalue weighted by Gasteiger charge is 2.05. The molecule has 1 aromatic carbocycles. The van der Waals surface area contributed by atoms with Crippen LogP contribution >= 0.6 is 0 Å². The van der Waals surface area contributed by atoms with Gasteiger partial charge in [0.25, 0.3) is 0 Å². The lowest BCUT2D eigenvalue weighted by atomic mass is 10.1. The fourth-order valence-corrected chi connectivity index (χ4v) is 1.47. The average Bonchev–Trinajstić information content (AvgIpc) is 2.40. The average molecular weight is 259 g/mol. The Morgan fingerprint density at radius 2 is 2.16 bits per heavy atom. The number of aromatic nitrogens is 3. The maximum Gasteiger partial charge on any atom is 0.363 e. The van der Waals surface area contributed by atoms with Gasteiger partial charge in [-0.05, 0) is 26.0 Å². The highest BCUT2D eigenvalue weighted by atomic mass is 16.3. The molecule has 7 heteroatoms. The molecule has 0 saturated heterocycles. The van der Waals surface area contributed by atoms with Crippen LogP contribution in [0.1, 0.15) is 18.2 Å². The first kappa shape index (κ1) is 12.7. The molecule has 2 rings (SSSR count). The summed E-state index contributed by atoms with van der Waals surface area (Å²) in [5.41, 5.74) is 3.80. The van der Waals surface area contributed by atoms with Gasteiger partial charge in [0.1, 0.15) is 11.4 Å². The second kappa shape index (κ2) is 5.30. The standard InChI is InChI=1S/C12H13N5O2/c1-7(9-5-3-4-6-10(9)18)14-16-11-8(2)15-17-12(19)13-11/h3-6,18H,1-2H3,(H2,13,16,17,19)/b14-7-. The molecular weight excluding hydrogens is 246 g/mol. The summed E-state index contributed by atoms with van der Waals surface area (Å²) in [5, 5.41) is 19.8. The van der Waals surface area contributed by atoms with Crippen molar-refractivity contribution >= 4 is 11.5 Å². The number of anilines is 1. The van der Waals surface area contributed by atoms with E-state index >= 15 is 0 Å². The van der Waals surface area contributed by atoms with E-state index in [4.69, 9.17) is 0 Å². The molecule has 98 valence electrons. The molecule has 2 aromatic rings. The first-order valence-corrected chi connectivity index (χ1v) is 5.60. The topological polar surface area (TPSA) is 103 Å². The number of nitrogens with zero attached hydrogens (tertiary/aromatic N) is 3. The zero-order valence-corrected chi connectivity index (χ0v) is 10.5. The lowest BCUT2D eigenvalue weighted by Gasteiger charge is -2.05. The van der Waals surface area contributed by atoms with E-state index in [0.717, 1.165) is 0 Å². The molecule has 0 aliphatic rings. The van der Waals surface area contributed by atoms with Crippen LogP contribution in [-0.2, 0) is 0 Å². The van der Waals surface area contributed by atoms with Gasteiger partial charge in [0.05, 0.1) is 5.71 Å². The van der Waals surface area contributed by atoms with Crippen molar-refractivity contribution in [2.75, 3.05) is 5.43 Å². The van der Waals surface area contributed by atoms with Gasteiger partial charge in [0, 0.05) is 5.56 Å². The number of hydrogen-bond donors (Lipinski definition) is 3. The third-order valence-corrected chi connectivity index (χ3v) is 2.50. The van der Waals surface area contributed by atoms with Gasteiger partial charge in [-0.25, -0.2) is 9.89 Å². The van der Waals surface area contributed by atoms with Crippen LogP contribution in [0.3, 0.4) is 0 Å². The van der Waals surface area contributed by atoms with E-state index in [9.17, 15) is 9.90 Å². The van der Waals surface area contributed by atoms with Gasteiger partial charge in [-0.15, -0.1) is 0 Å². The zero-order valence-electron chi connectivity index (χ0n) is 10.5. The molecule has 0 unspecified atom stereocenters. The first-order valence-electron chi connectivity index (χ1n) is 5.60. The van der Waals surface area contributed by atoms with E-state index in [1.165, 1.54) is 0 Å². The lowest BCUT2D eigenvalue weighted by molar-refractivity contribution is 0.474. The van der Waals surface area contributed by atoms with Crippen molar-refractivity contribution in [1.29, 1.82) is 0 Å². The smallest absolute Gasteiger partial charge is 0.363 e. The molecule has 0 fully saturated rings. The molecule has 1 heterocycles. The summed E-state index contributed by atoms with van der Waals surface area (Å²) in [5.74, 6) is 0.415. The van der Waals surface area contributed by atoms with Crippen LogP contribution in [0.25, 0.3) is 0 Å². The van der Waals surface area contributed by atoms with E-state index in [-0.39, 0.29) is 11.6 Å². The lowest BCUT2D eigenvalue weighted by Crippen LogP contribution is -2.16. The second-order valence-corrected chi connectivity index (χ2v) is 3.90. The monoisotopic (exact) mass is 259 g/mol. The number of phenols is 1. The van der Waals surface area contributed by atoms with Crippen molar-refractivity contribution in [1.82, 2.24) is 15.2 Å². The number of aromatic amines is 1. The molecule has 7 nitrogen and oxygen atoms in total. The molecule has 0 atom stereocenters. The first-order chi connectivity index (χ1) is 9.08. The third kappa shape index (κ3) is 2.95. The number of hydrazone groups is 1. The summed E-state index contributed by atoms with van der Waals surface area (Å²) in [6, 6.07) is 6.84. The largest absolute Gasteiger partial charge is 0.507 e. The molecule has 0 bridgehead atoms. The van der Waals surface area contributed by atoms with Crippen molar-refractivity contribution in [3.05, 3.63) is 46.0 Å². The number of nitrogens with one attached hydrogen (secondary N) is 2. The van der Waals surface area contributed by atoms with Crippen molar-refractivity contribution in [2.24, 2.45) is 5.10 Å². The molecule has 0 radical (unpaired) electrons.